The van der Waals surface area contributed by atoms with Crippen LogP contribution in [0.1, 0.15) is 97.3 Å². The van der Waals surface area contributed by atoms with Gasteiger partial charge in [0.05, 0.1) is 6.10 Å². The van der Waals surface area contributed by atoms with Gasteiger partial charge in [0.1, 0.15) is 0 Å². The van der Waals surface area contributed by atoms with Crippen molar-refractivity contribution in [1.82, 2.24) is 0 Å². The summed E-state index contributed by atoms with van der Waals surface area (Å²) in [5.41, 5.74) is 1.08. The van der Waals surface area contributed by atoms with Crippen LogP contribution < -0.4 is 0 Å². The van der Waals surface area contributed by atoms with E-state index in [9.17, 15) is 0 Å². The third kappa shape index (κ3) is 2.72. The smallest absolute Gasteiger partial charge is 0.157 e. The van der Waals surface area contributed by atoms with Crippen molar-refractivity contribution in [2.45, 2.75) is 110 Å². The Morgan fingerprint density at radius 1 is 0.731 bits per heavy atom. The second kappa shape index (κ2) is 6.76. The molecule has 4 saturated carbocycles. The van der Waals surface area contributed by atoms with E-state index in [4.69, 9.17) is 9.47 Å². The minimum Gasteiger partial charge on any atom is -0.353 e. The molecule has 0 amide bonds. The van der Waals surface area contributed by atoms with Gasteiger partial charge >= 0.3 is 0 Å². The molecule has 148 valence electrons. The molecule has 2 nitrogen and oxygen atoms in total. The Hall–Kier alpha value is -0.0800. The van der Waals surface area contributed by atoms with Crippen molar-refractivity contribution in [3.8, 4) is 0 Å². The summed E-state index contributed by atoms with van der Waals surface area (Å²) in [7, 11) is 0. The fraction of sp³-hybridized carbons (Fsp3) is 1.00. The Bertz CT molecular complexity index is 512. The lowest BCUT2D eigenvalue weighted by Crippen LogP contribution is -2.53. The van der Waals surface area contributed by atoms with Crippen LogP contribution in [0, 0.1) is 34.5 Å². The third-order valence-corrected chi connectivity index (χ3v) is 9.95. The Balaban J connectivity index is 1.33. The summed E-state index contributed by atoms with van der Waals surface area (Å²) in [5, 5.41) is 0. The molecule has 0 aromatic heterocycles. The van der Waals surface area contributed by atoms with Gasteiger partial charge in [-0.1, -0.05) is 26.7 Å². The van der Waals surface area contributed by atoms with Gasteiger partial charge in [0, 0.05) is 6.61 Å². The molecule has 0 spiro atoms. The molecule has 2 heteroatoms. The van der Waals surface area contributed by atoms with Crippen molar-refractivity contribution in [3.63, 3.8) is 0 Å². The van der Waals surface area contributed by atoms with Crippen LogP contribution in [0.5, 0.6) is 0 Å². The van der Waals surface area contributed by atoms with Crippen LogP contribution in [0.4, 0.5) is 0 Å². The zero-order valence-electron chi connectivity index (χ0n) is 17.2. The van der Waals surface area contributed by atoms with E-state index in [2.05, 4.69) is 13.8 Å². The predicted octanol–water partition coefficient (Wildman–Crippen LogP) is 6.33. The standard InChI is InChI=1S/C24H40O2/c1-23-14-5-3-7-17(23)9-10-18-19-11-12-21(24(19,2)15-13-20(18)23)26-22-8-4-6-16-25-22/h17-22H,3-16H2,1-2H3/t17-,18+,19+,20+,21+,22?,23+,24+/m1/s1. The van der Waals surface area contributed by atoms with Crippen LogP contribution in [0.15, 0.2) is 0 Å². The summed E-state index contributed by atoms with van der Waals surface area (Å²) in [5.74, 6) is 3.93. The SMILES string of the molecule is C[C@]12CCCC[C@@H]1CC[C@@H]1[C@@H]2CC[C@]2(C)[C@@H](OC3CCCCO3)CC[C@@H]12. The van der Waals surface area contributed by atoms with Gasteiger partial charge in [-0.05, 0) is 105 Å². The van der Waals surface area contributed by atoms with Gasteiger partial charge in [0.15, 0.2) is 6.29 Å². The lowest BCUT2D eigenvalue weighted by molar-refractivity contribution is -0.218. The molecule has 4 aliphatic carbocycles. The van der Waals surface area contributed by atoms with Crippen LogP contribution in [-0.4, -0.2) is 19.0 Å². The van der Waals surface area contributed by atoms with Gasteiger partial charge in [-0.25, -0.2) is 0 Å². The molecular formula is C24H40O2. The van der Waals surface area contributed by atoms with E-state index in [1.165, 1.54) is 77.0 Å². The molecule has 26 heavy (non-hydrogen) atoms. The van der Waals surface area contributed by atoms with E-state index in [1.807, 2.05) is 0 Å². The largest absolute Gasteiger partial charge is 0.353 e. The average molecular weight is 361 g/mol. The van der Waals surface area contributed by atoms with E-state index >= 15 is 0 Å². The quantitative estimate of drug-likeness (QED) is 0.573. The molecule has 5 rings (SSSR count). The number of hydrogen-bond donors (Lipinski definition) is 0. The zero-order valence-corrected chi connectivity index (χ0v) is 17.2. The van der Waals surface area contributed by atoms with Gasteiger partial charge in [0.25, 0.3) is 0 Å². The summed E-state index contributed by atoms with van der Waals surface area (Å²) >= 11 is 0. The van der Waals surface area contributed by atoms with Gasteiger partial charge in [-0.3, -0.25) is 0 Å². The van der Waals surface area contributed by atoms with Crippen molar-refractivity contribution < 1.29 is 9.47 Å². The molecule has 1 saturated heterocycles. The second-order valence-electron chi connectivity index (χ2n) is 10.9. The lowest BCUT2D eigenvalue weighted by atomic mass is 9.45. The highest BCUT2D eigenvalue weighted by Crippen LogP contribution is 2.66. The highest BCUT2D eigenvalue weighted by molar-refractivity contribution is 5.09. The molecular weight excluding hydrogens is 320 g/mol. The molecule has 0 aromatic rings. The van der Waals surface area contributed by atoms with E-state index in [-0.39, 0.29) is 6.29 Å². The molecule has 5 aliphatic rings. The molecule has 1 heterocycles. The topological polar surface area (TPSA) is 18.5 Å². The first-order valence-corrected chi connectivity index (χ1v) is 11.9. The molecule has 0 aromatic carbocycles. The normalized spacial score (nSPS) is 54.2. The lowest BCUT2D eigenvalue weighted by Gasteiger charge is -2.60. The Labute approximate surface area is 160 Å². The third-order valence-electron chi connectivity index (χ3n) is 9.95. The first-order chi connectivity index (χ1) is 12.6. The van der Waals surface area contributed by atoms with Gasteiger partial charge in [-0.2, -0.15) is 0 Å². The van der Waals surface area contributed by atoms with Gasteiger partial charge in [-0.15, -0.1) is 0 Å². The zero-order chi connectivity index (χ0) is 17.8. The van der Waals surface area contributed by atoms with E-state index in [1.54, 1.807) is 0 Å². The maximum absolute atomic E-state index is 6.61. The number of fused-ring (bicyclic) bond motifs is 5. The van der Waals surface area contributed by atoms with Crippen molar-refractivity contribution in [2.75, 3.05) is 6.61 Å². The predicted molar refractivity (Wildman–Crippen MR) is 105 cm³/mol. The molecule has 0 bridgehead atoms. The maximum Gasteiger partial charge on any atom is 0.157 e. The monoisotopic (exact) mass is 360 g/mol. The van der Waals surface area contributed by atoms with Crippen LogP contribution in [0.3, 0.4) is 0 Å². The van der Waals surface area contributed by atoms with Gasteiger partial charge in [0.2, 0.25) is 0 Å². The second-order valence-corrected chi connectivity index (χ2v) is 10.9. The Morgan fingerprint density at radius 2 is 1.58 bits per heavy atom. The van der Waals surface area contributed by atoms with Crippen molar-refractivity contribution in [1.29, 1.82) is 0 Å². The molecule has 8 atom stereocenters. The van der Waals surface area contributed by atoms with Crippen LogP contribution >= 0.6 is 0 Å². The molecule has 5 fully saturated rings. The molecule has 1 aliphatic heterocycles. The van der Waals surface area contributed by atoms with Crippen molar-refractivity contribution in [2.24, 2.45) is 34.5 Å². The minimum absolute atomic E-state index is 0.0913. The fourth-order valence-electron chi connectivity index (χ4n) is 8.47. The highest BCUT2D eigenvalue weighted by Gasteiger charge is 2.60. The molecule has 0 N–H and O–H groups in total. The van der Waals surface area contributed by atoms with E-state index in [0.29, 0.717) is 16.9 Å². The summed E-state index contributed by atoms with van der Waals surface area (Å²) in [6, 6.07) is 0. The first kappa shape index (κ1) is 18.0. The molecule has 1 unspecified atom stereocenters. The first-order valence-electron chi connectivity index (χ1n) is 11.9. The summed E-state index contributed by atoms with van der Waals surface area (Å²) < 4.78 is 12.5. The maximum atomic E-state index is 6.61. The van der Waals surface area contributed by atoms with Crippen LogP contribution in [0.2, 0.25) is 0 Å². The average Bonchev–Trinajstić information content (AvgIpc) is 2.98. The van der Waals surface area contributed by atoms with Crippen molar-refractivity contribution in [3.05, 3.63) is 0 Å². The van der Waals surface area contributed by atoms with E-state index < -0.39 is 0 Å². The Morgan fingerprint density at radius 3 is 2.42 bits per heavy atom. The van der Waals surface area contributed by atoms with Gasteiger partial charge < -0.3 is 9.47 Å². The van der Waals surface area contributed by atoms with Crippen molar-refractivity contribution >= 4 is 0 Å². The summed E-state index contributed by atoms with van der Waals surface area (Å²) in [4.78, 5) is 0. The summed E-state index contributed by atoms with van der Waals surface area (Å²) in [6.07, 6.45) is 18.8. The number of rotatable bonds is 2. The Kier molecular flexibility index (Phi) is 4.68. The molecule has 0 radical (unpaired) electrons. The summed E-state index contributed by atoms with van der Waals surface area (Å²) in [6.45, 7) is 6.18. The van der Waals surface area contributed by atoms with Crippen LogP contribution in [0.25, 0.3) is 0 Å². The minimum atomic E-state index is 0.0913. The van der Waals surface area contributed by atoms with Crippen LogP contribution in [-0.2, 0) is 9.47 Å². The van der Waals surface area contributed by atoms with E-state index in [0.717, 1.165) is 36.7 Å². The number of hydrogen-bond acceptors (Lipinski definition) is 2. The number of ether oxygens (including phenoxy) is 2. The fourth-order valence-corrected chi connectivity index (χ4v) is 8.47. The highest BCUT2D eigenvalue weighted by atomic mass is 16.7.